The Hall–Kier alpha value is -5.60. The van der Waals surface area contributed by atoms with E-state index in [2.05, 4.69) is 253 Å². The average Bonchev–Trinajstić information content (AvgIpc) is 1.05. The normalized spacial score (nSPS) is 12.9. The van der Waals surface area contributed by atoms with Gasteiger partial charge in [0.25, 0.3) is 0 Å². The fourth-order valence-corrected chi connectivity index (χ4v) is 11.7. The molecule has 0 saturated carbocycles. The van der Waals surface area contributed by atoms with Crippen LogP contribution in [0.15, 0.2) is 138 Å². The Balaban J connectivity index is 0.000000760. The summed E-state index contributed by atoms with van der Waals surface area (Å²) in [5, 5.41) is 0. The van der Waals surface area contributed by atoms with Gasteiger partial charge in [-0.25, -0.2) is 9.97 Å². The third-order valence-corrected chi connectivity index (χ3v) is 18.1. The molecule has 1 heterocycles. The maximum absolute atomic E-state index is 5.76. The van der Waals surface area contributed by atoms with Gasteiger partial charge in [-0.3, -0.25) is 0 Å². The van der Waals surface area contributed by atoms with Crippen LogP contribution in [0.5, 0.6) is 0 Å². The van der Waals surface area contributed by atoms with Crippen LogP contribution >= 0.6 is 0 Å². The van der Waals surface area contributed by atoms with Gasteiger partial charge >= 0.3 is 0 Å². The van der Waals surface area contributed by atoms with E-state index < -0.39 is 0 Å². The lowest BCUT2D eigenvalue weighted by Crippen LogP contribution is -2.11. The Labute approximate surface area is 549 Å². The van der Waals surface area contributed by atoms with Gasteiger partial charge in [-0.15, -0.1) is 0 Å². The molecule has 6 aromatic rings. The zero-order valence-electron chi connectivity index (χ0n) is 61.3. The highest BCUT2D eigenvalue weighted by Crippen LogP contribution is 2.41. The summed E-state index contributed by atoms with van der Waals surface area (Å²) in [5.41, 5.74) is 24.5. The molecule has 0 saturated heterocycles. The molecular formula is C87H130N2. The van der Waals surface area contributed by atoms with Crippen molar-refractivity contribution >= 4 is 27.8 Å². The van der Waals surface area contributed by atoms with Gasteiger partial charge in [0, 0.05) is 22.3 Å². The van der Waals surface area contributed by atoms with E-state index in [1.165, 1.54) is 169 Å². The fraction of sp³-hybridized carbons (Fsp3) is 0.540. The predicted molar refractivity (Wildman–Crippen MR) is 403 cm³/mol. The average molecular weight is 1200 g/mol. The molecule has 0 spiro atoms. The minimum atomic E-state index is 0.0791. The molecule has 488 valence electrons. The molecule has 89 heavy (non-hydrogen) atoms. The first-order valence-electron chi connectivity index (χ1n) is 36.2. The molecule has 0 amide bonds. The molecule has 6 rings (SSSR count). The standard InChI is InChI=1S/C64H78N2.C12H26.C9H20.C2H6/c1-15-18-27-50(46(7)51-33-35-55(43(4)39-51)56-36-34-54(41-45(56)6)64(12,13)14)42-53(26-17-3)58-38-37-57(44(5)40-52(28-19-16-2)47(8)63(9,10)11)61-62(58)66-60(49-31-24-21-25-32-49)59(65-61)48-29-22-20-23-30-48;1-4-6-7-8-9-10-11-12(3)5-2;1-3-5-7-9-8-6-4-2;1-2/h20-25,29-42H,15-19,26-28H2,1-14H3;12H,4-11H2,1-3H3;3-9H2,1-2H3;1-2H3/b44-40+,50-46+,52-47+,53-42+;;;. The number of rotatable bonds is 30. The van der Waals surface area contributed by atoms with Crippen LogP contribution in [0.25, 0.3) is 61.4 Å². The lowest BCUT2D eigenvalue weighted by molar-refractivity contribution is 0.472. The van der Waals surface area contributed by atoms with Crippen LogP contribution in [0.1, 0.15) is 313 Å². The van der Waals surface area contributed by atoms with Crippen molar-refractivity contribution in [3.63, 3.8) is 0 Å². The number of aromatic nitrogens is 2. The van der Waals surface area contributed by atoms with Crippen LogP contribution < -0.4 is 0 Å². The zero-order chi connectivity index (χ0) is 65.9. The van der Waals surface area contributed by atoms with Gasteiger partial charge in [-0.05, 0) is 145 Å². The quantitative estimate of drug-likeness (QED) is 0.0332. The van der Waals surface area contributed by atoms with Gasteiger partial charge in [0.2, 0.25) is 0 Å². The summed E-state index contributed by atoms with van der Waals surface area (Å²) in [6, 6.07) is 40.1. The Morgan fingerprint density at radius 2 is 0.910 bits per heavy atom. The lowest BCUT2D eigenvalue weighted by atomic mass is 9.82. The highest BCUT2D eigenvalue weighted by atomic mass is 14.8. The van der Waals surface area contributed by atoms with E-state index in [4.69, 9.17) is 9.97 Å². The van der Waals surface area contributed by atoms with E-state index in [1.54, 1.807) is 0 Å². The van der Waals surface area contributed by atoms with E-state index in [0.717, 1.165) is 96.4 Å². The molecule has 0 N–H and O–H groups in total. The number of hydrogen-bond donors (Lipinski definition) is 0. The molecule has 0 aliphatic rings. The first-order chi connectivity index (χ1) is 42.7. The number of aryl methyl sites for hydroxylation is 2. The summed E-state index contributed by atoms with van der Waals surface area (Å²) in [7, 11) is 0. The number of unbranched alkanes of at least 4 members (excludes halogenated alkanes) is 13. The SMILES string of the molecule is CC.CCCCC(/C=C(\CCC)c1ccc(/C(C)=C/C(CCCC)=C(\C)C(C)(C)C)c2nc(-c3ccccc3)c(-c3ccccc3)nc12)=C(/C)c1ccc(-c2ccc(C(C)(C)C)cc2C)c(C)c1.CCCCCCCCC.CCCCCCCCC(C)CC. The monoisotopic (exact) mass is 1200 g/mol. The van der Waals surface area contributed by atoms with Crippen LogP contribution in [0.4, 0.5) is 0 Å². The van der Waals surface area contributed by atoms with Crippen LogP contribution in [-0.2, 0) is 5.41 Å². The molecule has 1 aromatic heterocycles. The number of allylic oxidation sites excluding steroid dienone is 8. The summed E-state index contributed by atoms with van der Waals surface area (Å²) in [5.74, 6) is 0.955. The third kappa shape index (κ3) is 25.5. The molecule has 1 unspecified atom stereocenters. The number of nitrogens with zero attached hydrogens (tertiary/aromatic N) is 2. The van der Waals surface area contributed by atoms with Gasteiger partial charge in [-0.2, -0.15) is 0 Å². The molecular weight excluding hydrogens is 1070 g/mol. The molecule has 1 atom stereocenters. The van der Waals surface area contributed by atoms with E-state index in [1.807, 2.05) is 13.8 Å². The molecule has 0 aliphatic carbocycles. The van der Waals surface area contributed by atoms with Crippen LogP contribution in [0.2, 0.25) is 0 Å². The van der Waals surface area contributed by atoms with Crippen LogP contribution in [0.3, 0.4) is 0 Å². The minimum absolute atomic E-state index is 0.0791. The molecule has 2 heteroatoms. The first kappa shape index (κ1) is 77.6. The second-order valence-corrected chi connectivity index (χ2v) is 27.7. The van der Waals surface area contributed by atoms with Crippen LogP contribution in [0, 0.1) is 25.2 Å². The van der Waals surface area contributed by atoms with Crippen molar-refractivity contribution in [3.05, 3.63) is 171 Å². The summed E-state index contributed by atoms with van der Waals surface area (Å²) in [6.45, 7) is 47.7. The summed E-state index contributed by atoms with van der Waals surface area (Å²) in [6.07, 6.45) is 35.0. The highest BCUT2D eigenvalue weighted by Gasteiger charge is 2.22. The van der Waals surface area contributed by atoms with Crippen molar-refractivity contribution in [1.82, 2.24) is 9.97 Å². The second-order valence-electron chi connectivity index (χ2n) is 27.7. The maximum Gasteiger partial charge on any atom is 0.0976 e. The number of benzene rings is 5. The van der Waals surface area contributed by atoms with Crippen LogP contribution in [-0.4, -0.2) is 9.97 Å². The number of hydrogen-bond acceptors (Lipinski definition) is 2. The Kier molecular flexibility index (Phi) is 36.4. The van der Waals surface area contributed by atoms with Gasteiger partial charge in [0.1, 0.15) is 0 Å². The summed E-state index contributed by atoms with van der Waals surface area (Å²) in [4.78, 5) is 11.5. The summed E-state index contributed by atoms with van der Waals surface area (Å²) < 4.78 is 0. The molecule has 0 fully saturated rings. The molecule has 0 bridgehead atoms. The van der Waals surface area contributed by atoms with Gasteiger partial charge in [0.15, 0.2) is 0 Å². The second kappa shape index (κ2) is 41.7. The topological polar surface area (TPSA) is 25.8 Å². The van der Waals surface area contributed by atoms with Crippen molar-refractivity contribution in [2.24, 2.45) is 11.3 Å². The Morgan fingerprint density at radius 1 is 0.461 bits per heavy atom. The van der Waals surface area contributed by atoms with Crippen molar-refractivity contribution in [2.45, 2.75) is 298 Å². The van der Waals surface area contributed by atoms with Gasteiger partial charge < -0.3 is 0 Å². The Bertz CT molecular complexity index is 3080. The molecule has 0 aliphatic heterocycles. The van der Waals surface area contributed by atoms with Gasteiger partial charge in [-0.1, -0.05) is 353 Å². The van der Waals surface area contributed by atoms with E-state index in [0.29, 0.717) is 0 Å². The zero-order valence-corrected chi connectivity index (χ0v) is 61.3. The smallest absolute Gasteiger partial charge is 0.0976 e. The summed E-state index contributed by atoms with van der Waals surface area (Å²) >= 11 is 0. The van der Waals surface area contributed by atoms with Crippen molar-refractivity contribution in [1.29, 1.82) is 0 Å². The highest BCUT2D eigenvalue weighted by molar-refractivity contribution is 5.99. The van der Waals surface area contributed by atoms with Crippen molar-refractivity contribution < 1.29 is 0 Å². The van der Waals surface area contributed by atoms with Crippen molar-refractivity contribution in [3.8, 4) is 33.6 Å². The molecule has 2 nitrogen and oxygen atoms in total. The third-order valence-electron chi connectivity index (χ3n) is 18.1. The van der Waals surface area contributed by atoms with Gasteiger partial charge in [0.05, 0.1) is 22.4 Å². The largest absolute Gasteiger partial charge is 0.243 e. The fourth-order valence-electron chi connectivity index (χ4n) is 11.7. The van der Waals surface area contributed by atoms with E-state index >= 15 is 0 Å². The molecule has 0 radical (unpaired) electrons. The first-order valence-corrected chi connectivity index (χ1v) is 36.2. The van der Waals surface area contributed by atoms with Crippen molar-refractivity contribution in [2.75, 3.05) is 0 Å². The Morgan fingerprint density at radius 3 is 1.36 bits per heavy atom. The maximum atomic E-state index is 5.76. The number of fused-ring (bicyclic) bond motifs is 1. The van der Waals surface area contributed by atoms with E-state index in [9.17, 15) is 0 Å². The predicted octanol–water partition coefficient (Wildman–Crippen LogP) is 28.9. The molecule has 5 aromatic carbocycles. The van der Waals surface area contributed by atoms with E-state index in [-0.39, 0.29) is 10.8 Å². The minimum Gasteiger partial charge on any atom is -0.243 e. The lowest BCUT2D eigenvalue weighted by Gasteiger charge is -2.24.